The van der Waals surface area contributed by atoms with Crippen molar-refractivity contribution in [2.24, 2.45) is 5.92 Å². The number of rotatable bonds is 11. The summed E-state index contributed by atoms with van der Waals surface area (Å²) in [5.74, 6) is -3.70. The largest absolute Gasteiger partial charge is 0.387 e. The van der Waals surface area contributed by atoms with Crippen molar-refractivity contribution >= 4 is 11.8 Å². The molecular weight excluding hydrogens is 559 g/mol. The van der Waals surface area contributed by atoms with Crippen LogP contribution >= 0.6 is 0 Å². The van der Waals surface area contributed by atoms with Crippen LogP contribution in [-0.4, -0.2) is 60.2 Å². The molecule has 0 aliphatic carbocycles. The maximum atomic E-state index is 15.6. The first kappa shape index (κ1) is 32.2. The predicted octanol–water partition coefficient (Wildman–Crippen LogP) is 4.43. The molecule has 0 bridgehead atoms. The Morgan fingerprint density at radius 2 is 1.84 bits per heavy atom. The standard InChI is InChI=1S/C33H38F3N3O4/c1-21-9-12-27(34)25(16-21)31-26(7-3-8-28(31)35)33(43,13-5-14-38-30(41)20-40)23-6-4-15-39(19-23)32(42)24-11-10-22(18-37-2)17-29(24)36/h3,7-12,16-17,23,37,40,43H,4-6,13-15,18-20H2,1-2H3,(H,38,41). The average molecular weight is 598 g/mol. The fourth-order valence-corrected chi connectivity index (χ4v) is 5.96. The number of aliphatic hydroxyl groups excluding tert-OH is 1. The molecular formula is C33H38F3N3O4. The average Bonchev–Trinajstić information content (AvgIpc) is 3.00. The first-order valence-electron chi connectivity index (χ1n) is 14.5. The first-order chi connectivity index (χ1) is 20.6. The fourth-order valence-electron chi connectivity index (χ4n) is 5.96. The number of hydrogen-bond acceptors (Lipinski definition) is 5. The summed E-state index contributed by atoms with van der Waals surface area (Å²) in [6.07, 6.45) is 1.27. The smallest absolute Gasteiger partial charge is 0.256 e. The Hall–Kier alpha value is -3.73. The van der Waals surface area contributed by atoms with Crippen LogP contribution in [0.5, 0.6) is 0 Å². The topological polar surface area (TPSA) is 102 Å². The van der Waals surface area contributed by atoms with Crippen molar-refractivity contribution in [2.45, 2.75) is 44.8 Å². The molecule has 1 fully saturated rings. The summed E-state index contributed by atoms with van der Waals surface area (Å²) in [5.41, 5.74) is -0.314. The van der Waals surface area contributed by atoms with Crippen molar-refractivity contribution in [2.75, 3.05) is 33.3 Å². The van der Waals surface area contributed by atoms with Crippen LogP contribution in [0.3, 0.4) is 0 Å². The van der Waals surface area contributed by atoms with E-state index in [1.54, 1.807) is 32.2 Å². The molecule has 3 aromatic rings. The number of likely N-dealkylation sites (tertiary alicyclic amines) is 1. The Morgan fingerprint density at radius 1 is 1.05 bits per heavy atom. The highest BCUT2D eigenvalue weighted by Gasteiger charge is 2.43. The second-order valence-electron chi connectivity index (χ2n) is 11.1. The van der Waals surface area contributed by atoms with Gasteiger partial charge in [0, 0.05) is 43.2 Å². The molecule has 7 nitrogen and oxygen atoms in total. The third-order valence-electron chi connectivity index (χ3n) is 8.10. The van der Waals surface area contributed by atoms with Gasteiger partial charge >= 0.3 is 0 Å². The second-order valence-corrected chi connectivity index (χ2v) is 11.1. The number of aryl methyl sites for hydroxylation is 1. The van der Waals surface area contributed by atoms with Crippen molar-refractivity contribution in [1.29, 1.82) is 0 Å². The maximum Gasteiger partial charge on any atom is 0.256 e. The summed E-state index contributed by atoms with van der Waals surface area (Å²) < 4.78 is 45.7. The molecule has 2 unspecified atom stereocenters. The maximum absolute atomic E-state index is 15.6. The minimum absolute atomic E-state index is 0.00702. The Morgan fingerprint density at radius 3 is 2.56 bits per heavy atom. The number of halogens is 3. The zero-order chi connectivity index (χ0) is 31.1. The van der Waals surface area contributed by atoms with Gasteiger partial charge in [0.1, 0.15) is 24.1 Å². The minimum Gasteiger partial charge on any atom is -0.387 e. The number of carbonyl (C=O) groups is 2. The Balaban J connectivity index is 1.72. The highest BCUT2D eigenvalue weighted by Crippen LogP contribution is 2.45. The number of nitrogens with zero attached hydrogens (tertiary/aromatic N) is 1. The van der Waals surface area contributed by atoms with Gasteiger partial charge in [-0.1, -0.05) is 29.8 Å². The van der Waals surface area contributed by atoms with E-state index in [1.807, 2.05) is 0 Å². The SMILES string of the molecule is CNCc1ccc(C(=O)N2CCCC(C(O)(CCCNC(=O)CO)c3cccc(F)c3-c3cc(C)ccc3F)C2)c(F)c1. The molecule has 1 saturated heterocycles. The number of nitrogens with one attached hydrogen (secondary N) is 2. The molecule has 230 valence electrons. The zero-order valence-electron chi connectivity index (χ0n) is 24.4. The van der Waals surface area contributed by atoms with E-state index in [9.17, 15) is 19.1 Å². The van der Waals surface area contributed by atoms with Gasteiger partial charge in [-0.15, -0.1) is 0 Å². The molecule has 4 N–H and O–H groups in total. The summed E-state index contributed by atoms with van der Waals surface area (Å²) in [6.45, 7) is 2.05. The molecule has 43 heavy (non-hydrogen) atoms. The van der Waals surface area contributed by atoms with Gasteiger partial charge in [-0.2, -0.15) is 0 Å². The van der Waals surface area contributed by atoms with Crippen molar-refractivity contribution in [3.63, 3.8) is 0 Å². The molecule has 2 amide bonds. The molecule has 0 aromatic heterocycles. The molecule has 0 radical (unpaired) electrons. The van der Waals surface area contributed by atoms with Crippen LogP contribution in [0, 0.1) is 30.3 Å². The molecule has 10 heteroatoms. The van der Waals surface area contributed by atoms with E-state index in [-0.39, 0.29) is 48.2 Å². The summed E-state index contributed by atoms with van der Waals surface area (Å²) in [7, 11) is 1.74. The summed E-state index contributed by atoms with van der Waals surface area (Å²) in [4.78, 5) is 26.6. The highest BCUT2D eigenvalue weighted by molar-refractivity contribution is 5.94. The molecule has 2 atom stereocenters. The number of piperidine rings is 1. The molecule has 3 aromatic carbocycles. The number of benzene rings is 3. The molecule has 4 rings (SSSR count). The van der Waals surface area contributed by atoms with Crippen LogP contribution in [0.4, 0.5) is 13.2 Å². The third kappa shape index (κ3) is 7.26. The Bertz CT molecular complexity index is 1470. The van der Waals surface area contributed by atoms with Gasteiger partial charge in [-0.3, -0.25) is 9.59 Å². The van der Waals surface area contributed by atoms with Gasteiger partial charge in [-0.25, -0.2) is 13.2 Å². The van der Waals surface area contributed by atoms with Gasteiger partial charge in [0.2, 0.25) is 5.91 Å². The quantitative estimate of drug-likeness (QED) is 0.245. The van der Waals surface area contributed by atoms with Crippen LogP contribution < -0.4 is 10.6 Å². The number of hydrogen-bond donors (Lipinski definition) is 4. The van der Waals surface area contributed by atoms with Gasteiger partial charge in [0.15, 0.2) is 0 Å². The second kappa shape index (κ2) is 14.2. The van der Waals surface area contributed by atoms with Gasteiger partial charge < -0.3 is 25.7 Å². The van der Waals surface area contributed by atoms with E-state index in [0.717, 1.165) is 0 Å². The summed E-state index contributed by atoms with van der Waals surface area (Å²) in [6, 6.07) is 13.0. The fraction of sp³-hybridized carbons (Fsp3) is 0.394. The van der Waals surface area contributed by atoms with E-state index in [4.69, 9.17) is 5.11 Å². The zero-order valence-corrected chi connectivity index (χ0v) is 24.4. The minimum atomic E-state index is -1.74. The monoisotopic (exact) mass is 597 g/mol. The van der Waals surface area contributed by atoms with Gasteiger partial charge in [0.25, 0.3) is 5.91 Å². The molecule has 0 spiro atoms. The Kier molecular flexibility index (Phi) is 10.6. The molecule has 1 aliphatic rings. The third-order valence-corrected chi connectivity index (χ3v) is 8.10. The molecule has 1 aliphatic heterocycles. The van der Waals surface area contributed by atoms with Crippen LogP contribution in [0.2, 0.25) is 0 Å². The highest BCUT2D eigenvalue weighted by atomic mass is 19.1. The lowest BCUT2D eigenvalue weighted by Gasteiger charge is -2.43. The van der Waals surface area contributed by atoms with Crippen molar-refractivity contribution < 1.29 is 33.0 Å². The number of carbonyl (C=O) groups excluding carboxylic acids is 2. The Labute approximate surface area is 249 Å². The number of amides is 2. The summed E-state index contributed by atoms with van der Waals surface area (Å²) in [5, 5.41) is 27.1. The van der Waals surface area contributed by atoms with E-state index < -0.39 is 47.4 Å². The van der Waals surface area contributed by atoms with Crippen LogP contribution in [-0.2, 0) is 16.9 Å². The molecule has 1 heterocycles. The van der Waals surface area contributed by atoms with Crippen LogP contribution in [0.25, 0.3) is 11.1 Å². The lowest BCUT2D eigenvalue weighted by molar-refractivity contribution is -0.123. The van der Waals surface area contributed by atoms with E-state index in [0.29, 0.717) is 37.1 Å². The van der Waals surface area contributed by atoms with Crippen molar-refractivity contribution in [1.82, 2.24) is 15.5 Å². The van der Waals surface area contributed by atoms with Crippen LogP contribution in [0.15, 0.2) is 54.6 Å². The van der Waals surface area contributed by atoms with Gasteiger partial charge in [-0.05, 0) is 81.1 Å². The lowest BCUT2D eigenvalue weighted by atomic mass is 9.72. The predicted molar refractivity (Wildman–Crippen MR) is 158 cm³/mol. The van der Waals surface area contributed by atoms with E-state index >= 15 is 8.78 Å². The number of aliphatic hydroxyl groups is 2. The van der Waals surface area contributed by atoms with Crippen LogP contribution in [0.1, 0.15) is 52.7 Å². The first-order valence-corrected chi connectivity index (χ1v) is 14.5. The summed E-state index contributed by atoms with van der Waals surface area (Å²) >= 11 is 0. The van der Waals surface area contributed by atoms with E-state index in [2.05, 4.69) is 10.6 Å². The van der Waals surface area contributed by atoms with E-state index in [1.165, 1.54) is 41.3 Å². The lowest BCUT2D eigenvalue weighted by Crippen LogP contribution is -2.48. The normalized spacial score (nSPS) is 16.5. The van der Waals surface area contributed by atoms with Crippen molar-refractivity contribution in [3.05, 3.63) is 94.3 Å². The molecule has 0 saturated carbocycles. The van der Waals surface area contributed by atoms with Gasteiger partial charge in [0.05, 0.1) is 11.2 Å². The van der Waals surface area contributed by atoms with Crippen molar-refractivity contribution in [3.8, 4) is 11.1 Å².